The zero-order valence-corrected chi connectivity index (χ0v) is 13.5. The second-order valence-corrected chi connectivity index (χ2v) is 6.42. The van der Waals surface area contributed by atoms with Gasteiger partial charge in [-0.25, -0.2) is 0 Å². The van der Waals surface area contributed by atoms with Crippen molar-refractivity contribution in [3.05, 3.63) is 96.4 Å². The third-order valence-corrected chi connectivity index (χ3v) is 4.87. The summed E-state index contributed by atoms with van der Waals surface area (Å²) >= 11 is 1.81. The van der Waals surface area contributed by atoms with Crippen molar-refractivity contribution in [2.75, 3.05) is 0 Å². The monoisotopic (exact) mass is 312 g/mol. The lowest BCUT2D eigenvalue weighted by atomic mass is 10.0. The highest BCUT2D eigenvalue weighted by Gasteiger charge is 2.02. The minimum Gasteiger partial charge on any atom is -0.144 e. The number of rotatable bonds is 0. The summed E-state index contributed by atoms with van der Waals surface area (Å²) in [5.41, 5.74) is 0. The van der Waals surface area contributed by atoms with Gasteiger partial charge in [0.15, 0.2) is 0 Å². The molecule has 0 nitrogen and oxygen atoms in total. The van der Waals surface area contributed by atoms with Crippen molar-refractivity contribution >= 4 is 43.0 Å². The molecule has 5 aromatic rings. The van der Waals surface area contributed by atoms with Crippen LogP contribution in [0.15, 0.2) is 96.4 Å². The lowest BCUT2D eigenvalue weighted by Gasteiger charge is -2.03. The van der Waals surface area contributed by atoms with E-state index in [1.54, 1.807) is 0 Å². The number of thiophene rings is 1. The van der Waals surface area contributed by atoms with Crippen LogP contribution in [0.25, 0.3) is 31.6 Å². The van der Waals surface area contributed by atoms with Gasteiger partial charge >= 0.3 is 0 Å². The molecule has 0 saturated carbocycles. The lowest BCUT2D eigenvalue weighted by Crippen LogP contribution is -1.76. The van der Waals surface area contributed by atoms with E-state index in [9.17, 15) is 0 Å². The lowest BCUT2D eigenvalue weighted by molar-refractivity contribution is 1.72. The SMILES string of the molecule is c1ccc2cc3c(ccc4sccc43)cc2c1.c1ccccc1. The minimum absolute atomic E-state index is 1.31. The van der Waals surface area contributed by atoms with Crippen LogP contribution in [0.3, 0.4) is 0 Å². The van der Waals surface area contributed by atoms with Gasteiger partial charge in [0.05, 0.1) is 0 Å². The van der Waals surface area contributed by atoms with Gasteiger partial charge in [-0.05, 0) is 51.2 Å². The minimum atomic E-state index is 1.31. The van der Waals surface area contributed by atoms with E-state index >= 15 is 0 Å². The highest BCUT2D eigenvalue weighted by Crippen LogP contribution is 2.31. The number of benzene rings is 4. The summed E-state index contributed by atoms with van der Waals surface area (Å²) in [6.07, 6.45) is 0. The van der Waals surface area contributed by atoms with Crippen LogP contribution in [0, 0.1) is 0 Å². The molecule has 0 bridgehead atoms. The fourth-order valence-corrected chi connectivity index (χ4v) is 3.65. The zero-order valence-electron chi connectivity index (χ0n) is 12.6. The van der Waals surface area contributed by atoms with Gasteiger partial charge < -0.3 is 0 Å². The molecule has 0 aliphatic carbocycles. The van der Waals surface area contributed by atoms with E-state index in [0.717, 1.165) is 0 Å². The summed E-state index contributed by atoms with van der Waals surface area (Å²) in [5, 5.41) is 8.86. The Morgan fingerprint density at radius 2 is 1.13 bits per heavy atom. The maximum atomic E-state index is 2.31. The van der Waals surface area contributed by atoms with E-state index in [2.05, 4.69) is 60.0 Å². The molecule has 0 N–H and O–H groups in total. The molecule has 4 aromatic carbocycles. The van der Waals surface area contributed by atoms with Gasteiger partial charge in [0, 0.05) is 10.1 Å². The maximum absolute atomic E-state index is 2.31. The fraction of sp³-hybridized carbons (Fsp3) is 0. The number of fused-ring (bicyclic) bond motifs is 4. The predicted molar refractivity (Wildman–Crippen MR) is 103 cm³/mol. The summed E-state index contributed by atoms with van der Waals surface area (Å²) in [6, 6.07) is 31.8. The van der Waals surface area contributed by atoms with Crippen LogP contribution in [0.1, 0.15) is 0 Å². The molecule has 1 heterocycles. The van der Waals surface area contributed by atoms with Crippen LogP contribution in [-0.2, 0) is 0 Å². The molecule has 0 spiro atoms. The molecule has 23 heavy (non-hydrogen) atoms. The molecule has 0 unspecified atom stereocenters. The summed E-state index contributed by atoms with van der Waals surface area (Å²) in [4.78, 5) is 0. The first kappa shape index (κ1) is 14.0. The smallest absolute Gasteiger partial charge is 0.0349 e. The fourth-order valence-electron chi connectivity index (χ4n) is 2.85. The molecule has 0 aliphatic heterocycles. The summed E-state index contributed by atoms with van der Waals surface area (Å²) < 4.78 is 1.37. The number of hydrogen-bond acceptors (Lipinski definition) is 1. The topological polar surface area (TPSA) is 0 Å². The van der Waals surface area contributed by atoms with Crippen molar-refractivity contribution in [1.29, 1.82) is 0 Å². The molecule has 0 amide bonds. The molecule has 5 rings (SSSR count). The second-order valence-electron chi connectivity index (χ2n) is 5.47. The van der Waals surface area contributed by atoms with Crippen LogP contribution in [0.2, 0.25) is 0 Å². The third-order valence-electron chi connectivity index (χ3n) is 3.98. The maximum Gasteiger partial charge on any atom is 0.0349 e. The van der Waals surface area contributed by atoms with Crippen molar-refractivity contribution in [1.82, 2.24) is 0 Å². The molecular formula is C22H16S. The molecule has 0 aliphatic rings. The molecule has 0 atom stereocenters. The Morgan fingerprint density at radius 1 is 0.478 bits per heavy atom. The molecule has 1 aromatic heterocycles. The second kappa shape index (κ2) is 6.23. The van der Waals surface area contributed by atoms with Crippen molar-refractivity contribution in [2.24, 2.45) is 0 Å². The molecule has 0 radical (unpaired) electrons. The highest BCUT2D eigenvalue weighted by atomic mass is 32.1. The Labute approximate surface area is 139 Å². The Bertz CT molecular complexity index is 1030. The predicted octanol–water partition coefficient (Wildman–Crippen LogP) is 6.89. The van der Waals surface area contributed by atoms with Crippen molar-refractivity contribution < 1.29 is 0 Å². The average molecular weight is 312 g/mol. The Kier molecular flexibility index (Phi) is 3.79. The van der Waals surface area contributed by atoms with E-state index in [1.807, 2.05) is 47.7 Å². The average Bonchev–Trinajstić information content (AvgIpc) is 3.11. The largest absolute Gasteiger partial charge is 0.144 e. The van der Waals surface area contributed by atoms with Crippen molar-refractivity contribution in [3.63, 3.8) is 0 Å². The van der Waals surface area contributed by atoms with E-state index in [4.69, 9.17) is 0 Å². The highest BCUT2D eigenvalue weighted by molar-refractivity contribution is 7.17. The van der Waals surface area contributed by atoms with Gasteiger partial charge in [-0.2, -0.15) is 0 Å². The Hall–Kier alpha value is -2.64. The van der Waals surface area contributed by atoms with E-state index in [1.165, 1.54) is 31.6 Å². The number of hydrogen-bond donors (Lipinski definition) is 0. The molecule has 0 saturated heterocycles. The normalized spacial score (nSPS) is 10.6. The van der Waals surface area contributed by atoms with Gasteiger partial charge in [-0.3, -0.25) is 0 Å². The van der Waals surface area contributed by atoms with Crippen molar-refractivity contribution in [2.45, 2.75) is 0 Å². The van der Waals surface area contributed by atoms with Gasteiger partial charge in [-0.15, -0.1) is 11.3 Å². The van der Waals surface area contributed by atoms with Crippen LogP contribution < -0.4 is 0 Å². The molecule has 1 heteroatoms. The molecular weight excluding hydrogens is 296 g/mol. The van der Waals surface area contributed by atoms with Crippen molar-refractivity contribution in [3.8, 4) is 0 Å². The third kappa shape index (κ3) is 2.84. The van der Waals surface area contributed by atoms with E-state index in [0.29, 0.717) is 0 Å². The Morgan fingerprint density at radius 3 is 1.83 bits per heavy atom. The summed E-state index contributed by atoms with van der Waals surface area (Å²) in [7, 11) is 0. The van der Waals surface area contributed by atoms with Gasteiger partial charge in [0.1, 0.15) is 0 Å². The first-order chi connectivity index (χ1) is 11.4. The standard InChI is InChI=1S/C16H10S.C6H6/c1-2-4-12-10-15-13(9-11(12)3-1)5-6-16-14(15)7-8-17-16;1-2-4-6-5-3-1/h1-10H;1-6H. The van der Waals surface area contributed by atoms with E-state index < -0.39 is 0 Å². The van der Waals surface area contributed by atoms with Gasteiger partial charge in [0.25, 0.3) is 0 Å². The van der Waals surface area contributed by atoms with Crippen LogP contribution >= 0.6 is 11.3 Å². The van der Waals surface area contributed by atoms with Crippen LogP contribution in [0.5, 0.6) is 0 Å². The zero-order chi connectivity index (χ0) is 15.5. The first-order valence-electron chi connectivity index (χ1n) is 7.70. The molecule has 110 valence electrons. The van der Waals surface area contributed by atoms with Crippen LogP contribution in [-0.4, -0.2) is 0 Å². The quantitative estimate of drug-likeness (QED) is 0.273. The van der Waals surface area contributed by atoms with Crippen LogP contribution in [0.4, 0.5) is 0 Å². The summed E-state index contributed by atoms with van der Waals surface area (Å²) in [6.45, 7) is 0. The summed E-state index contributed by atoms with van der Waals surface area (Å²) in [5.74, 6) is 0. The molecule has 0 fully saturated rings. The Balaban J connectivity index is 0.000000192. The van der Waals surface area contributed by atoms with Gasteiger partial charge in [0.2, 0.25) is 0 Å². The van der Waals surface area contributed by atoms with Gasteiger partial charge in [-0.1, -0.05) is 66.7 Å². The van der Waals surface area contributed by atoms with E-state index in [-0.39, 0.29) is 0 Å². The first-order valence-corrected chi connectivity index (χ1v) is 8.58.